The first-order chi connectivity index (χ1) is 17.1. The van der Waals surface area contributed by atoms with Gasteiger partial charge in [-0.25, -0.2) is 15.0 Å². The number of benzene rings is 3. The molecule has 2 aromatic heterocycles. The summed E-state index contributed by atoms with van der Waals surface area (Å²) in [4.78, 5) is 19.4. The van der Waals surface area contributed by atoms with Crippen LogP contribution in [0.5, 0.6) is 5.75 Å². The third-order valence-electron chi connectivity index (χ3n) is 6.64. The van der Waals surface area contributed by atoms with Crippen molar-refractivity contribution in [1.29, 1.82) is 0 Å². The molecule has 0 radical (unpaired) electrons. The second-order valence-electron chi connectivity index (χ2n) is 9.07. The molecule has 35 heavy (non-hydrogen) atoms. The molecule has 1 aliphatic rings. The average molecular weight is 462 g/mol. The summed E-state index contributed by atoms with van der Waals surface area (Å²) in [6.07, 6.45) is 2.47. The predicted molar refractivity (Wildman–Crippen MR) is 139 cm³/mol. The van der Waals surface area contributed by atoms with Gasteiger partial charge in [-0.05, 0) is 54.8 Å². The van der Waals surface area contributed by atoms with E-state index < -0.39 is 0 Å². The Morgan fingerprint density at radius 2 is 1.77 bits per heavy atom. The normalized spacial score (nSPS) is 13.4. The van der Waals surface area contributed by atoms with Crippen LogP contribution in [0.3, 0.4) is 0 Å². The number of aromatic amines is 1. The highest BCUT2D eigenvalue weighted by atomic mass is 16.5. The highest BCUT2D eigenvalue weighted by molar-refractivity contribution is 5.82. The number of nitrogens with one attached hydrogen (secondary N) is 1. The monoisotopic (exact) mass is 461 g/mol. The first-order valence-corrected chi connectivity index (χ1v) is 12.0. The summed E-state index contributed by atoms with van der Waals surface area (Å²) in [5.74, 6) is 2.84. The van der Waals surface area contributed by atoms with Gasteiger partial charge in [0.15, 0.2) is 0 Å². The van der Waals surface area contributed by atoms with Crippen LogP contribution >= 0.6 is 0 Å². The highest BCUT2D eigenvalue weighted by Crippen LogP contribution is 2.33. The van der Waals surface area contributed by atoms with Crippen LogP contribution in [0.15, 0.2) is 73.1 Å². The van der Waals surface area contributed by atoms with E-state index >= 15 is 0 Å². The smallest absolute Gasteiger partial charge is 0.136 e. The molecule has 1 N–H and O–H groups in total. The van der Waals surface area contributed by atoms with E-state index in [1.807, 2.05) is 13.0 Å². The van der Waals surface area contributed by atoms with E-state index in [0.717, 1.165) is 70.3 Å². The van der Waals surface area contributed by atoms with Crippen LogP contribution in [-0.2, 0) is 13.0 Å². The van der Waals surface area contributed by atoms with Gasteiger partial charge in [0, 0.05) is 29.8 Å². The fourth-order valence-electron chi connectivity index (χ4n) is 4.84. The highest BCUT2D eigenvalue weighted by Gasteiger charge is 2.21. The molecule has 3 aromatic carbocycles. The van der Waals surface area contributed by atoms with Crippen molar-refractivity contribution in [3.63, 3.8) is 0 Å². The minimum absolute atomic E-state index is 0.611. The first kappa shape index (κ1) is 21.4. The lowest BCUT2D eigenvalue weighted by molar-refractivity contribution is 0.331. The van der Waals surface area contributed by atoms with Gasteiger partial charge in [0.1, 0.15) is 30.3 Å². The summed E-state index contributed by atoms with van der Waals surface area (Å²) in [7, 11) is 0. The molecule has 0 saturated carbocycles. The molecule has 0 fully saturated rings. The van der Waals surface area contributed by atoms with Gasteiger partial charge in [-0.3, -0.25) is 0 Å². The van der Waals surface area contributed by atoms with E-state index in [1.165, 1.54) is 11.1 Å². The summed E-state index contributed by atoms with van der Waals surface area (Å²) >= 11 is 0. The van der Waals surface area contributed by atoms with Gasteiger partial charge in [-0.15, -0.1) is 0 Å². The molecule has 6 nitrogen and oxygen atoms in total. The lowest BCUT2D eigenvalue weighted by Crippen LogP contribution is -2.28. The SMILES string of the molecule is Cc1nc2ccc(-c3ccc4c(c3)CN(c3ncnc(C)c3Cc3ccccc3)CCO4)cc2[nH]1. The number of ether oxygens (including phenoxy) is 1. The van der Waals surface area contributed by atoms with Crippen molar-refractivity contribution in [2.24, 2.45) is 0 Å². The van der Waals surface area contributed by atoms with E-state index in [2.05, 4.69) is 87.4 Å². The number of aryl methyl sites for hydroxylation is 2. The maximum Gasteiger partial charge on any atom is 0.136 e. The van der Waals surface area contributed by atoms with Gasteiger partial charge in [-0.1, -0.05) is 42.5 Å². The fraction of sp³-hybridized carbons (Fsp3) is 0.207. The van der Waals surface area contributed by atoms with Crippen LogP contribution in [0.1, 0.15) is 28.2 Å². The second-order valence-corrected chi connectivity index (χ2v) is 9.07. The molecule has 0 unspecified atom stereocenters. The molecule has 0 spiro atoms. The first-order valence-electron chi connectivity index (χ1n) is 12.0. The lowest BCUT2D eigenvalue weighted by Gasteiger charge is -2.24. The standard InChI is InChI=1S/C29H27N5O/c1-19-25(14-21-6-4-3-5-7-21)29(31-18-30-19)34-12-13-35-28-11-9-22(15-24(28)17-34)23-8-10-26-27(16-23)33-20(2)32-26/h3-11,15-16,18H,12-14,17H2,1-2H3,(H,32,33). The zero-order valence-electron chi connectivity index (χ0n) is 20.0. The Bertz CT molecular complexity index is 1510. The minimum Gasteiger partial charge on any atom is -0.491 e. The van der Waals surface area contributed by atoms with Crippen LogP contribution in [-0.4, -0.2) is 33.1 Å². The average Bonchev–Trinajstić information content (AvgIpc) is 3.11. The van der Waals surface area contributed by atoms with E-state index in [9.17, 15) is 0 Å². The molecule has 174 valence electrons. The van der Waals surface area contributed by atoms with Crippen LogP contribution in [0.2, 0.25) is 0 Å². The van der Waals surface area contributed by atoms with Crippen LogP contribution < -0.4 is 9.64 Å². The predicted octanol–water partition coefficient (Wildman–Crippen LogP) is 5.63. The van der Waals surface area contributed by atoms with Gasteiger partial charge in [0.05, 0.1) is 17.6 Å². The zero-order chi connectivity index (χ0) is 23.8. The summed E-state index contributed by atoms with van der Waals surface area (Å²) < 4.78 is 6.15. The zero-order valence-corrected chi connectivity index (χ0v) is 20.0. The second kappa shape index (κ2) is 8.87. The maximum atomic E-state index is 6.15. The number of rotatable bonds is 4. The van der Waals surface area contributed by atoms with Crippen molar-refractivity contribution >= 4 is 16.9 Å². The van der Waals surface area contributed by atoms with Crippen molar-refractivity contribution in [3.05, 3.63) is 101 Å². The Morgan fingerprint density at radius 1 is 0.943 bits per heavy atom. The van der Waals surface area contributed by atoms with E-state index in [4.69, 9.17) is 9.72 Å². The Balaban J connectivity index is 1.35. The Hall–Kier alpha value is -4.19. The quantitative estimate of drug-likeness (QED) is 0.376. The Kier molecular flexibility index (Phi) is 5.41. The molecule has 1 aliphatic heterocycles. The number of aromatic nitrogens is 4. The lowest BCUT2D eigenvalue weighted by atomic mass is 10.0. The summed E-state index contributed by atoms with van der Waals surface area (Å²) in [6, 6.07) is 23.3. The van der Waals surface area contributed by atoms with Gasteiger partial charge >= 0.3 is 0 Å². The summed E-state index contributed by atoms with van der Waals surface area (Å²) in [5, 5.41) is 0. The molecule has 0 amide bonds. The topological polar surface area (TPSA) is 66.9 Å². The maximum absolute atomic E-state index is 6.15. The van der Waals surface area contributed by atoms with Crippen molar-refractivity contribution in [2.45, 2.75) is 26.8 Å². The molecule has 5 aromatic rings. The number of hydrogen-bond acceptors (Lipinski definition) is 5. The van der Waals surface area contributed by atoms with Gasteiger partial charge < -0.3 is 14.6 Å². The summed E-state index contributed by atoms with van der Waals surface area (Å²) in [6.45, 7) is 6.15. The van der Waals surface area contributed by atoms with E-state index in [1.54, 1.807) is 6.33 Å². The van der Waals surface area contributed by atoms with E-state index in [0.29, 0.717) is 6.61 Å². The molecule has 6 heteroatoms. The number of hydrogen-bond donors (Lipinski definition) is 1. The third kappa shape index (κ3) is 4.23. The minimum atomic E-state index is 0.611. The largest absolute Gasteiger partial charge is 0.491 e. The fourth-order valence-corrected chi connectivity index (χ4v) is 4.84. The van der Waals surface area contributed by atoms with Crippen LogP contribution in [0.4, 0.5) is 5.82 Å². The Labute approximate surface area is 204 Å². The van der Waals surface area contributed by atoms with Crippen molar-refractivity contribution < 1.29 is 4.74 Å². The third-order valence-corrected chi connectivity index (χ3v) is 6.64. The van der Waals surface area contributed by atoms with E-state index in [-0.39, 0.29) is 0 Å². The molecule has 0 atom stereocenters. The Morgan fingerprint density at radius 3 is 2.66 bits per heavy atom. The van der Waals surface area contributed by atoms with Crippen molar-refractivity contribution in [3.8, 4) is 16.9 Å². The van der Waals surface area contributed by atoms with Gasteiger partial charge in [0.25, 0.3) is 0 Å². The molecular formula is C29H27N5O. The molecule has 0 aliphatic carbocycles. The number of imidazole rings is 1. The molecule has 6 rings (SSSR count). The molecule has 0 saturated heterocycles. The number of H-pyrrole nitrogens is 1. The molecule has 3 heterocycles. The van der Waals surface area contributed by atoms with Gasteiger partial charge in [0.2, 0.25) is 0 Å². The molecular weight excluding hydrogens is 434 g/mol. The van der Waals surface area contributed by atoms with Crippen LogP contribution in [0.25, 0.3) is 22.2 Å². The number of fused-ring (bicyclic) bond motifs is 2. The number of nitrogens with zero attached hydrogens (tertiary/aromatic N) is 4. The van der Waals surface area contributed by atoms with Crippen molar-refractivity contribution in [2.75, 3.05) is 18.1 Å². The number of anilines is 1. The molecule has 0 bridgehead atoms. The summed E-state index contributed by atoms with van der Waals surface area (Å²) in [5.41, 5.74) is 8.94. The van der Waals surface area contributed by atoms with Gasteiger partial charge in [-0.2, -0.15) is 0 Å². The van der Waals surface area contributed by atoms with Crippen LogP contribution in [0, 0.1) is 13.8 Å². The van der Waals surface area contributed by atoms with Crippen molar-refractivity contribution in [1.82, 2.24) is 19.9 Å².